The largest absolute Gasteiger partial charge is 0.449 e. The number of amides is 1. The highest BCUT2D eigenvalue weighted by Crippen LogP contribution is 2.20. The van der Waals surface area contributed by atoms with Gasteiger partial charge in [-0.25, -0.2) is 9.18 Å². The van der Waals surface area contributed by atoms with Crippen LogP contribution in [-0.2, 0) is 14.3 Å². The minimum atomic E-state index is -1.04. The van der Waals surface area contributed by atoms with E-state index in [1.54, 1.807) is 0 Å². The number of primary amides is 1. The lowest BCUT2D eigenvalue weighted by atomic mass is 10.2. The predicted molar refractivity (Wildman–Crippen MR) is 65.2 cm³/mol. The molecule has 0 unspecified atom stereocenters. The maximum Gasteiger partial charge on any atom is 0.331 e. The first-order valence-corrected chi connectivity index (χ1v) is 5.41. The number of ether oxygens (including phenoxy) is 1. The van der Waals surface area contributed by atoms with Gasteiger partial charge in [0.05, 0.1) is 5.02 Å². The third-order valence-corrected chi connectivity index (χ3v) is 2.41. The molecule has 0 radical (unpaired) electrons. The molecule has 18 heavy (non-hydrogen) atoms. The summed E-state index contributed by atoms with van der Waals surface area (Å²) < 4.78 is 18.0. The zero-order valence-corrected chi connectivity index (χ0v) is 10.3. The summed E-state index contributed by atoms with van der Waals surface area (Å²) in [4.78, 5) is 21.9. The summed E-state index contributed by atoms with van der Waals surface area (Å²) >= 11 is 5.75. The monoisotopic (exact) mass is 271 g/mol. The van der Waals surface area contributed by atoms with Gasteiger partial charge in [0.15, 0.2) is 6.10 Å². The van der Waals surface area contributed by atoms with Crippen LogP contribution in [0.5, 0.6) is 0 Å². The average Bonchev–Trinajstić information content (AvgIpc) is 2.28. The number of rotatable bonds is 4. The Hall–Kier alpha value is -1.88. The summed E-state index contributed by atoms with van der Waals surface area (Å²) in [6.45, 7) is 1.34. The first-order valence-electron chi connectivity index (χ1n) is 5.04. The lowest BCUT2D eigenvalue weighted by Crippen LogP contribution is -2.29. The van der Waals surface area contributed by atoms with Crippen molar-refractivity contribution in [1.29, 1.82) is 0 Å². The molecule has 0 aliphatic carbocycles. The summed E-state index contributed by atoms with van der Waals surface area (Å²) in [7, 11) is 0. The Morgan fingerprint density at radius 1 is 1.50 bits per heavy atom. The van der Waals surface area contributed by atoms with E-state index in [0.717, 1.165) is 6.08 Å². The molecule has 1 rings (SSSR count). The van der Waals surface area contributed by atoms with Gasteiger partial charge in [0.1, 0.15) is 5.82 Å². The molecule has 0 bridgehead atoms. The summed E-state index contributed by atoms with van der Waals surface area (Å²) in [5.41, 5.74) is 4.99. The van der Waals surface area contributed by atoms with E-state index in [1.165, 1.54) is 31.2 Å². The van der Waals surface area contributed by atoms with Crippen LogP contribution >= 0.6 is 11.6 Å². The normalized spacial score (nSPS) is 12.4. The van der Waals surface area contributed by atoms with Gasteiger partial charge in [0, 0.05) is 11.6 Å². The fourth-order valence-corrected chi connectivity index (χ4v) is 1.32. The molecular formula is C12H11ClFNO3. The second-order valence-electron chi connectivity index (χ2n) is 3.45. The minimum Gasteiger partial charge on any atom is -0.449 e. The minimum absolute atomic E-state index is 0.0721. The van der Waals surface area contributed by atoms with Gasteiger partial charge in [0.25, 0.3) is 5.91 Å². The number of esters is 1. The first kappa shape index (κ1) is 14.2. The third kappa shape index (κ3) is 3.85. The molecule has 0 saturated heterocycles. The quantitative estimate of drug-likeness (QED) is 0.672. The Balaban J connectivity index is 2.75. The standard InChI is InChI=1S/C12H11ClFNO3/c1-7(12(15)17)18-11(16)6-5-8-9(13)3-2-4-10(8)14/h2-7H,1H3,(H2,15,17)/b6-5+/t7-/m1/s1. The van der Waals surface area contributed by atoms with Crippen molar-refractivity contribution in [1.82, 2.24) is 0 Å². The number of hydrogen-bond donors (Lipinski definition) is 1. The second-order valence-corrected chi connectivity index (χ2v) is 3.86. The predicted octanol–water partition coefficient (Wildman–Crippen LogP) is 1.91. The van der Waals surface area contributed by atoms with Crippen molar-refractivity contribution in [2.45, 2.75) is 13.0 Å². The van der Waals surface area contributed by atoms with Gasteiger partial charge in [-0.15, -0.1) is 0 Å². The molecule has 1 amide bonds. The molecule has 2 N–H and O–H groups in total. The maximum absolute atomic E-state index is 13.3. The number of halogens is 2. The fraction of sp³-hybridized carbons (Fsp3) is 0.167. The van der Waals surface area contributed by atoms with E-state index in [9.17, 15) is 14.0 Å². The molecule has 1 aromatic rings. The van der Waals surface area contributed by atoms with Crippen LogP contribution in [0.15, 0.2) is 24.3 Å². The molecule has 0 aliphatic heterocycles. The summed E-state index contributed by atoms with van der Waals surface area (Å²) in [6, 6.07) is 4.15. The van der Waals surface area contributed by atoms with Crippen LogP contribution in [0.2, 0.25) is 5.02 Å². The molecular weight excluding hydrogens is 261 g/mol. The maximum atomic E-state index is 13.3. The SMILES string of the molecule is C[C@@H](OC(=O)/C=C/c1c(F)cccc1Cl)C(N)=O. The molecule has 0 fully saturated rings. The van der Waals surface area contributed by atoms with E-state index < -0.39 is 23.8 Å². The van der Waals surface area contributed by atoms with Crippen molar-refractivity contribution in [3.05, 3.63) is 40.7 Å². The molecule has 1 atom stereocenters. The van der Waals surface area contributed by atoms with Gasteiger partial charge in [-0.05, 0) is 25.1 Å². The van der Waals surface area contributed by atoms with Crippen molar-refractivity contribution < 1.29 is 18.7 Å². The van der Waals surface area contributed by atoms with Gasteiger partial charge in [-0.3, -0.25) is 4.79 Å². The number of carbonyl (C=O) groups is 2. The van der Waals surface area contributed by atoms with E-state index >= 15 is 0 Å². The Morgan fingerprint density at radius 3 is 2.72 bits per heavy atom. The van der Waals surface area contributed by atoms with E-state index in [2.05, 4.69) is 4.74 Å². The van der Waals surface area contributed by atoms with Crippen LogP contribution in [-0.4, -0.2) is 18.0 Å². The zero-order chi connectivity index (χ0) is 13.7. The highest BCUT2D eigenvalue weighted by atomic mass is 35.5. The average molecular weight is 272 g/mol. The number of nitrogens with two attached hydrogens (primary N) is 1. The first-order chi connectivity index (χ1) is 8.41. The smallest absolute Gasteiger partial charge is 0.331 e. The van der Waals surface area contributed by atoms with Crippen LogP contribution in [0, 0.1) is 5.82 Å². The lowest BCUT2D eigenvalue weighted by molar-refractivity contribution is -0.148. The van der Waals surface area contributed by atoms with E-state index in [1.807, 2.05) is 0 Å². The number of benzene rings is 1. The highest BCUT2D eigenvalue weighted by molar-refractivity contribution is 6.32. The van der Waals surface area contributed by atoms with Gasteiger partial charge in [0.2, 0.25) is 0 Å². The Labute approximate surface area is 108 Å². The van der Waals surface area contributed by atoms with Crippen LogP contribution < -0.4 is 5.73 Å². The Morgan fingerprint density at radius 2 is 2.17 bits per heavy atom. The van der Waals surface area contributed by atoms with E-state index in [4.69, 9.17) is 17.3 Å². The van der Waals surface area contributed by atoms with Crippen molar-refractivity contribution in [3.8, 4) is 0 Å². The number of hydrogen-bond acceptors (Lipinski definition) is 3. The van der Waals surface area contributed by atoms with Crippen LogP contribution in [0.1, 0.15) is 12.5 Å². The topological polar surface area (TPSA) is 69.4 Å². The summed E-state index contributed by atoms with van der Waals surface area (Å²) in [6.07, 6.45) is 1.11. The zero-order valence-electron chi connectivity index (χ0n) is 9.52. The molecule has 0 spiro atoms. The summed E-state index contributed by atoms with van der Waals surface area (Å²) in [5, 5.41) is 0.169. The van der Waals surface area contributed by atoms with Crippen molar-refractivity contribution >= 4 is 29.6 Å². The molecule has 0 aliphatic rings. The molecule has 4 nitrogen and oxygen atoms in total. The highest BCUT2D eigenvalue weighted by Gasteiger charge is 2.12. The molecule has 1 aromatic carbocycles. The van der Waals surface area contributed by atoms with Crippen LogP contribution in [0.25, 0.3) is 6.08 Å². The third-order valence-electron chi connectivity index (χ3n) is 2.08. The molecule has 96 valence electrons. The second kappa shape index (κ2) is 6.16. The summed E-state index contributed by atoms with van der Waals surface area (Å²) in [5.74, 6) is -2.13. The van der Waals surface area contributed by atoms with E-state index in [0.29, 0.717) is 0 Å². The molecule has 6 heteroatoms. The van der Waals surface area contributed by atoms with Crippen molar-refractivity contribution in [2.75, 3.05) is 0 Å². The Kier molecular flexibility index (Phi) is 4.85. The number of carbonyl (C=O) groups excluding carboxylic acids is 2. The molecule has 0 heterocycles. The van der Waals surface area contributed by atoms with Crippen LogP contribution in [0.3, 0.4) is 0 Å². The van der Waals surface area contributed by atoms with Gasteiger partial charge in [-0.1, -0.05) is 17.7 Å². The Bertz CT molecular complexity index is 482. The molecule has 0 aromatic heterocycles. The van der Waals surface area contributed by atoms with Crippen molar-refractivity contribution in [3.63, 3.8) is 0 Å². The lowest BCUT2D eigenvalue weighted by Gasteiger charge is -2.06. The van der Waals surface area contributed by atoms with E-state index in [-0.39, 0.29) is 10.6 Å². The van der Waals surface area contributed by atoms with Crippen molar-refractivity contribution in [2.24, 2.45) is 5.73 Å². The van der Waals surface area contributed by atoms with Gasteiger partial charge >= 0.3 is 5.97 Å². The van der Waals surface area contributed by atoms with Crippen LogP contribution in [0.4, 0.5) is 4.39 Å². The van der Waals surface area contributed by atoms with Gasteiger partial charge < -0.3 is 10.5 Å². The fourth-order valence-electron chi connectivity index (χ4n) is 1.09. The van der Waals surface area contributed by atoms with Gasteiger partial charge in [-0.2, -0.15) is 0 Å². The molecule has 0 saturated carbocycles.